The van der Waals surface area contributed by atoms with Crippen LogP contribution in [-0.4, -0.2) is 11.1 Å². The lowest BCUT2D eigenvalue weighted by Crippen LogP contribution is -2.21. The number of benzene rings is 1. The minimum absolute atomic E-state index is 0.141. The molecular formula is C15H22N2. The summed E-state index contributed by atoms with van der Waals surface area (Å²) in [5, 5.41) is 1.37. The van der Waals surface area contributed by atoms with E-state index in [4.69, 9.17) is 5.73 Å². The van der Waals surface area contributed by atoms with Gasteiger partial charge in [-0.05, 0) is 36.4 Å². The first kappa shape index (κ1) is 12.2. The van der Waals surface area contributed by atoms with Crippen molar-refractivity contribution in [3.63, 3.8) is 0 Å². The van der Waals surface area contributed by atoms with Crippen LogP contribution in [0.5, 0.6) is 0 Å². The molecule has 2 rings (SSSR count). The molecule has 0 unspecified atom stereocenters. The highest BCUT2D eigenvalue weighted by atomic mass is 14.9. The van der Waals surface area contributed by atoms with Gasteiger partial charge in [-0.2, -0.15) is 0 Å². The van der Waals surface area contributed by atoms with E-state index in [0.717, 1.165) is 13.0 Å². The van der Waals surface area contributed by atoms with E-state index in [2.05, 4.69) is 56.8 Å². The zero-order valence-corrected chi connectivity index (χ0v) is 11.2. The van der Waals surface area contributed by atoms with Crippen molar-refractivity contribution in [1.29, 1.82) is 0 Å². The molecule has 0 bridgehead atoms. The molecule has 0 aliphatic heterocycles. The largest absolute Gasteiger partial charge is 0.350 e. The van der Waals surface area contributed by atoms with Crippen LogP contribution in [0.25, 0.3) is 10.9 Å². The van der Waals surface area contributed by atoms with Crippen LogP contribution in [-0.2, 0) is 12.5 Å². The molecule has 0 amide bonds. The van der Waals surface area contributed by atoms with Crippen molar-refractivity contribution in [2.24, 2.45) is 12.8 Å². The Balaban J connectivity index is 2.68. The van der Waals surface area contributed by atoms with Crippen molar-refractivity contribution in [3.8, 4) is 0 Å². The fourth-order valence-corrected chi connectivity index (χ4v) is 2.71. The van der Waals surface area contributed by atoms with E-state index in [1.54, 1.807) is 0 Å². The van der Waals surface area contributed by atoms with Crippen LogP contribution >= 0.6 is 0 Å². The minimum Gasteiger partial charge on any atom is -0.350 e. The number of rotatable bonds is 3. The summed E-state index contributed by atoms with van der Waals surface area (Å²) in [6.07, 6.45) is 3.27. The average Bonchev–Trinajstić information content (AvgIpc) is 2.58. The van der Waals surface area contributed by atoms with Gasteiger partial charge in [-0.3, -0.25) is 0 Å². The van der Waals surface area contributed by atoms with Crippen LogP contribution in [0.1, 0.15) is 31.4 Å². The van der Waals surface area contributed by atoms with Crippen molar-refractivity contribution in [1.82, 2.24) is 4.57 Å². The smallest absolute Gasteiger partial charge is 0.0510 e. The monoisotopic (exact) mass is 230 g/mol. The molecule has 2 heteroatoms. The predicted molar refractivity (Wildman–Crippen MR) is 74.4 cm³/mol. The van der Waals surface area contributed by atoms with Gasteiger partial charge in [0.2, 0.25) is 0 Å². The fraction of sp³-hybridized carbons (Fsp3) is 0.467. The summed E-state index contributed by atoms with van der Waals surface area (Å²) in [6, 6.07) is 6.53. The van der Waals surface area contributed by atoms with E-state index in [1.165, 1.54) is 22.0 Å². The van der Waals surface area contributed by atoms with Gasteiger partial charge in [0.15, 0.2) is 0 Å². The Morgan fingerprint density at radius 1 is 1.29 bits per heavy atom. The second kappa shape index (κ2) is 4.19. The molecule has 2 N–H and O–H groups in total. The van der Waals surface area contributed by atoms with Crippen molar-refractivity contribution in [3.05, 3.63) is 35.5 Å². The number of nitrogens with two attached hydrogens (primary N) is 1. The van der Waals surface area contributed by atoms with Gasteiger partial charge in [0.25, 0.3) is 0 Å². The summed E-state index contributed by atoms with van der Waals surface area (Å²) in [6.45, 7) is 7.45. The molecule has 0 fully saturated rings. The zero-order chi connectivity index (χ0) is 12.6. The fourth-order valence-electron chi connectivity index (χ4n) is 2.71. The van der Waals surface area contributed by atoms with E-state index >= 15 is 0 Å². The van der Waals surface area contributed by atoms with E-state index < -0.39 is 0 Å². The highest BCUT2D eigenvalue weighted by Crippen LogP contribution is 2.34. The number of nitrogens with zero attached hydrogens (tertiary/aromatic N) is 1. The van der Waals surface area contributed by atoms with Crippen LogP contribution in [0.3, 0.4) is 0 Å². The Hall–Kier alpha value is -1.28. The summed E-state index contributed by atoms with van der Waals surface area (Å²) < 4.78 is 2.23. The van der Waals surface area contributed by atoms with Crippen molar-refractivity contribution in [2.45, 2.75) is 32.6 Å². The number of fused-ring (bicyclic) bond motifs is 1. The van der Waals surface area contributed by atoms with Gasteiger partial charge in [0.05, 0.1) is 5.52 Å². The molecule has 0 aliphatic carbocycles. The number of aromatic nitrogens is 1. The Bertz CT molecular complexity index is 535. The van der Waals surface area contributed by atoms with E-state index in [9.17, 15) is 0 Å². The third-order valence-corrected chi connectivity index (χ3v) is 3.70. The summed E-state index contributed by atoms with van der Waals surface area (Å²) in [5.41, 5.74) is 9.95. The molecule has 0 radical (unpaired) electrons. The molecule has 1 aromatic heterocycles. The maximum absolute atomic E-state index is 5.73. The summed E-state index contributed by atoms with van der Waals surface area (Å²) in [5.74, 6) is 0. The molecule has 0 saturated heterocycles. The lowest BCUT2D eigenvalue weighted by Gasteiger charge is -2.23. The molecule has 2 aromatic rings. The van der Waals surface area contributed by atoms with Gasteiger partial charge in [-0.15, -0.1) is 0 Å². The van der Waals surface area contributed by atoms with E-state index in [0.29, 0.717) is 0 Å². The first-order valence-corrected chi connectivity index (χ1v) is 6.22. The molecule has 0 aliphatic rings. The Labute approximate surface area is 103 Å². The Morgan fingerprint density at radius 2 is 2.00 bits per heavy atom. The van der Waals surface area contributed by atoms with Crippen LogP contribution in [0.4, 0.5) is 0 Å². The molecule has 0 atom stereocenters. The molecule has 2 nitrogen and oxygen atoms in total. The predicted octanol–water partition coefficient (Wildman–Crippen LogP) is 3.11. The van der Waals surface area contributed by atoms with Crippen molar-refractivity contribution >= 4 is 10.9 Å². The first-order valence-electron chi connectivity index (χ1n) is 6.22. The second-order valence-electron chi connectivity index (χ2n) is 5.55. The van der Waals surface area contributed by atoms with Gasteiger partial charge in [-0.25, -0.2) is 0 Å². The number of hydrogen-bond donors (Lipinski definition) is 1. The first-order chi connectivity index (χ1) is 7.97. The van der Waals surface area contributed by atoms with E-state index in [-0.39, 0.29) is 5.41 Å². The zero-order valence-electron chi connectivity index (χ0n) is 11.2. The highest BCUT2D eigenvalue weighted by Gasteiger charge is 2.24. The quantitative estimate of drug-likeness (QED) is 0.863. The molecular weight excluding hydrogens is 208 g/mol. The summed E-state index contributed by atoms with van der Waals surface area (Å²) in [4.78, 5) is 0. The number of aryl methyl sites for hydroxylation is 2. The van der Waals surface area contributed by atoms with Gasteiger partial charge in [0.1, 0.15) is 0 Å². The Morgan fingerprint density at radius 3 is 2.65 bits per heavy atom. The van der Waals surface area contributed by atoms with Crippen molar-refractivity contribution < 1.29 is 0 Å². The second-order valence-corrected chi connectivity index (χ2v) is 5.55. The molecule has 1 heterocycles. The number of para-hydroxylation sites is 1. The van der Waals surface area contributed by atoms with Crippen LogP contribution in [0, 0.1) is 6.92 Å². The molecule has 0 saturated carbocycles. The highest BCUT2D eigenvalue weighted by molar-refractivity contribution is 5.87. The molecule has 0 spiro atoms. The minimum atomic E-state index is 0.141. The lowest BCUT2D eigenvalue weighted by atomic mass is 9.81. The van der Waals surface area contributed by atoms with Crippen LogP contribution < -0.4 is 5.73 Å². The third kappa shape index (κ3) is 1.98. The summed E-state index contributed by atoms with van der Waals surface area (Å²) in [7, 11) is 2.12. The molecule has 92 valence electrons. The SMILES string of the molecule is Cc1cccc2c(C(C)(C)CCN)cn(C)c12. The van der Waals surface area contributed by atoms with Crippen LogP contribution in [0.2, 0.25) is 0 Å². The van der Waals surface area contributed by atoms with Crippen molar-refractivity contribution in [2.75, 3.05) is 6.54 Å². The van der Waals surface area contributed by atoms with Gasteiger partial charge in [0, 0.05) is 18.6 Å². The van der Waals surface area contributed by atoms with Gasteiger partial charge < -0.3 is 10.3 Å². The maximum Gasteiger partial charge on any atom is 0.0510 e. The topological polar surface area (TPSA) is 30.9 Å². The van der Waals surface area contributed by atoms with Gasteiger partial charge >= 0.3 is 0 Å². The van der Waals surface area contributed by atoms with Gasteiger partial charge in [-0.1, -0.05) is 32.0 Å². The average molecular weight is 230 g/mol. The lowest BCUT2D eigenvalue weighted by molar-refractivity contribution is 0.490. The molecule has 1 aromatic carbocycles. The molecule has 17 heavy (non-hydrogen) atoms. The normalized spacial score (nSPS) is 12.3. The summed E-state index contributed by atoms with van der Waals surface area (Å²) >= 11 is 0. The van der Waals surface area contributed by atoms with E-state index in [1.807, 2.05) is 0 Å². The maximum atomic E-state index is 5.73. The van der Waals surface area contributed by atoms with Crippen LogP contribution in [0.15, 0.2) is 24.4 Å². The standard InChI is InChI=1S/C15H22N2/c1-11-6-5-7-12-13(10-17(4)14(11)12)15(2,3)8-9-16/h5-7,10H,8-9,16H2,1-4H3. The number of hydrogen-bond acceptors (Lipinski definition) is 1. The Kier molecular flexibility index (Phi) is 3.00. The third-order valence-electron chi connectivity index (χ3n) is 3.70.